The number of thioether (sulfide) groups is 1. The van der Waals surface area contributed by atoms with Crippen molar-refractivity contribution >= 4 is 17.7 Å². The first kappa shape index (κ1) is 15.9. The lowest BCUT2D eigenvalue weighted by Gasteiger charge is -2.15. The average molecular weight is 292 g/mol. The summed E-state index contributed by atoms with van der Waals surface area (Å²) in [6.07, 6.45) is -4.69. The lowest BCUT2D eigenvalue weighted by Crippen LogP contribution is -2.32. The fraction of sp³-hybridized carbons (Fsp3) is 0.462. The number of halogens is 3. The summed E-state index contributed by atoms with van der Waals surface area (Å²) in [5.74, 6) is -4.21. The van der Waals surface area contributed by atoms with Crippen LogP contribution in [-0.2, 0) is 10.5 Å². The number of hydrogen-bond donors (Lipinski definition) is 1. The zero-order valence-electron chi connectivity index (χ0n) is 10.6. The number of rotatable bonds is 5. The summed E-state index contributed by atoms with van der Waals surface area (Å²) in [5, 5.41) is 8.56. The van der Waals surface area contributed by atoms with Gasteiger partial charge in [-0.15, -0.1) is 0 Å². The second-order valence-corrected chi connectivity index (χ2v) is 5.47. The normalized spacial score (nSPS) is 13.3. The number of carboxylic acid groups (broad SMARTS) is 1. The molecule has 1 N–H and O–H groups in total. The number of carbonyl (C=O) groups is 1. The summed E-state index contributed by atoms with van der Waals surface area (Å²) in [6, 6.07) is 5.76. The number of aliphatic carboxylic acids is 1. The molecule has 0 heterocycles. The zero-order chi connectivity index (χ0) is 14.6. The topological polar surface area (TPSA) is 37.3 Å². The Labute approximate surface area is 114 Å². The second-order valence-electron chi connectivity index (χ2n) is 4.44. The molecule has 1 atom stereocenters. The van der Waals surface area contributed by atoms with E-state index in [4.69, 9.17) is 5.11 Å². The molecule has 0 spiro atoms. The molecule has 1 aromatic rings. The average Bonchev–Trinajstić information content (AvgIpc) is 2.20. The highest BCUT2D eigenvalue weighted by Crippen LogP contribution is 2.30. The van der Waals surface area contributed by atoms with E-state index in [9.17, 15) is 18.0 Å². The van der Waals surface area contributed by atoms with E-state index in [1.807, 2.05) is 32.0 Å². The number of alkyl halides is 3. The largest absolute Gasteiger partial charge is 0.481 e. The lowest BCUT2D eigenvalue weighted by atomic mass is 10.1. The maximum atomic E-state index is 12.4. The third-order valence-electron chi connectivity index (χ3n) is 2.53. The van der Waals surface area contributed by atoms with Gasteiger partial charge in [-0.2, -0.15) is 24.9 Å². The van der Waals surface area contributed by atoms with Gasteiger partial charge in [0.1, 0.15) is 0 Å². The highest BCUT2D eigenvalue weighted by molar-refractivity contribution is 7.98. The molecule has 0 aliphatic rings. The minimum Gasteiger partial charge on any atom is -0.481 e. The van der Waals surface area contributed by atoms with E-state index in [0.29, 0.717) is 5.75 Å². The molecular formula is C13H15F3O2S. The van der Waals surface area contributed by atoms with Gasteiger partial charge < -0.3 is 5.11 Å². The first-order valence-electron chi connectivity index (χ1n) is 5.64. The molecule has 0 fully saturated rings. The summed E-state index contributed by atoms with van der Waals surface area (Å²) in [5.41, 5.74) is 3.00. The van der Waals surface area contributed by atoms with Crippen LogP contribution in [0.5, 0.6) is 0 Å². The van der Waals surface area contributed by atoms with Gasteiger partial charge in [0.25, 0.3) is 0 Å². The van der Waals surface area contributed by atoms with Gasteiger partial charge in [-0.1, -0.05) is 29.3 Å². The number of benzene rings is 1. The third kappa shape index (κ3) is 5.14. The van der Waals surface area contributed by atoms with Crippen molar-refractivity contribution < 1.29 is 23.1 Å². The number of aryl methyl sites for hydroxylation is 2. The smallest absolute Gasteiger partial charge is 0.403 e. The van der Waals surface area contributed by atoms with Crippen molar-refractivity contribution in [3.8, 4) is 0 Å². The van der Waals surface area contributed by atoms with E-state index in [1.54, 1.807) is 0 Å². The first-order valence-corrected chi connectivity index (χ1v) is 6.80. The summed E-state index contributed by atoms with van der Waals surface area (Å²) in [4.78, 5) is 10.6. The highest BCUT2D eigenvalue weighted by atomic mass is 32.2. The van der Waals surface area contributed by atoms with Crippen LogP contribution >= 0.6 is 11.8 Å². The summed E-state index contributed by atoms with van der Waals surface area (Å²) in [6.45, 7) is 3.83. The van der Waals surface area contributed by atoms with Gasteiger partial charge >= 0.3 is 12.1 Å². The van der Waals surface area contributed by atoms with Crippen molar-refractivity contribution in [2.45, 2.75) is 25.8 Å². The molecule has 2 nitrogen and oxygen atoms in total. The van der Waals surface area contributed by atoms with E-state index < -0.39 is 23.8 Å². The van der Waals surface area contributed by atoms with Crippen LogP contribution in [-0.4, -0.2) is 23.0 Å². The van der Waals surface area contributed by atoms with Crippen LogP contribution in [0.2, 0.25) is 0 Å². The number of hydrogen-bond acceptors (Lipinski definition) is 2. The van der Waals surface area contributed by atoms with Gasteiger partial charge in [0.15, 0.2) is 5.92 Å². The molecule has 1 rings (SSSR count). The van der Waals surface area contributed by atoms with Crippen molar-refractivity contribution in [3.63, 3.8) is 0 Å². The van der Waals surface area contributed by atoms with E-state index in [1.165, 1.54) is 0 Å². The predicted molar refractivity (Wildman–Crippen MR) is 69.3 cm³/mol. The van der Waals surface area contributed by atoms with Gasteiger partial charge in [-0.25, -0.2) is 0 Å². The summed E-state index contributed by atoms with van der Waals surface area (Å²) >= 11 is 0.986. The van der Waals surface area contributed by atoms with E-state index in [0.717, 1.165) is 28.5 Å². The molecule has 0 saturated heterocycles. The van der Waals surface area contributed by atoms with Crippen LogP contribution in [0.25, 0.3) is 0 Å². The monoisotopic (exact) mass is 292 g/mol. The van der Waals surface area contributed by atoms with Gasteiger partial charge in [0, 0.05) is 11.5 Å². The van der Waals surface area contributed by atoms with E-state index in [2.05, 4.69) is 0 Å². The fourth-order valence-corrected chi connectivity index (χ4v) is 2.84. The molecule has 0 radical (unpaired) electrons. The van der Waals surface area contributed by atoms with Gasteiger partial charge in [0.2, 0.25) is 0 Å². The molecule has 0 aliphatic heterocycles. The standard InChI is InChI=1S/C13H15F3O2S/c1-8-3-9(2)5-10(4-8)6-19-7-11(12(17)18)13(14,15)16/h3-5,11H,6-7H2,1-2H3,(H,17,18). The highest BCUT2D eigenvalue weighted by Gasteiger charge is 2.44. The third-order valence-corrected chi connectivity index (χ3v) is 3.63. The zero-order valence-corrected chi connectivity index (χ0v) is 11.4. The summed E-state index contributed by atoms with van der Waals surface area (Å²) < 4.78 is 37.3. The molecule has 0 amide bonds. The molecule has 19 heavy (non-hydrogen) atoms. The van der Waals surface area contributed by atoms with Crippen molar-refractivity contribution in [2.75, 3.05) is 5.75 Å². The van der Waals surface area contributed by atoms with Crippen molar-refractivity contribution in [1.82, 2.24) is 0 Å². The quantitative estimate of drug-likeness (QED) is 0.897. The fourth-order valence-electron chi connectivity index (χ4n) is 1.75. The molecule has 1 unspecified atom stereocenters. The molecule has 6 heteroatoms. The second kappa shape index (κ2) is 6.32. The maximum Gasteiger partial charge on any atom is 0.403 e. The van der Waals surface area contributed by atoms with Gasteiger partial charge in [-0.05, 0) is 19.4 Å². The van der Waals surface area contributed by atoms with E-state index in [-0.39, 0.29) is 0 Å². The Bertz CT molecular complexity index is 437. The molecule has 0 aromatic heterocycles. The Morgan fingerprint density at radius 1 is 1.26 bits per heavy atom. The van der Waals surface area contributed by atoms with Crippen LogP contribution in [0.3, 0.4) is 0 Å². The SMILES string of the molecule is Cc1cc(C)cc(CSCC(C(=O)O)C(F)(F)F)c1. The number of carboxylic acids is 1. The van der Waals surface area contributed by atoms with Crippen molar-refractivity contribution in [3.05, 3.63) is 34.9 Å². The van der Waals surface area contributed by atoms with Crippen LogP contribution in [0, 0.1) is 19.8 Å². The Morgan fingerprint density at radius 2 is 1.79 bits per heavy atom. The Morgan fingerprint density at radius 3 is 2.21 bits per heavy atom. The molecular weight excluding hydrogens is 277 g/mol. The van der Waals surface area contributed by atoms with Crippen LogP contribution in [0.15, 0.2) is 18.2 Å². The lowest BCUT2D eigenvalue weighted by molar-refractivity contribution is -0.188. The molecule has 0 bridgehead atoms. The van der Waals surface area contributed by atoms with E-state index >= 15 is 0 Å². The van der Waals surface area contributed by atoms with Crippen LogP contribution in [0.1, 0.15) is 16.7 Å². The molecule has 106 valence electrons. The minimum atomic E-state index is -4.69. The van der Waals surface area contributed by atoms with Crippen molar-refractivity contribution in [2.24, 2.45) is 5.92 Å². The van der Waals surface area contributed by atoms with Crippen LogP contribution in [0.4, 0.5) is 13.2 Å². The van der Waals surface area contributed by atoms with Gasteiger partial charge in [-0.3, -0.25) is 4.79 Å². The Balaban J connectivity index is 2.59. The van der Waals surface area contributed by atoms with Crippen LogP contribution < -0.4 is 0 Å². The Hall–Kier alpha value is -1.17. The maximum absolute atomic E-state index is 12.4. The van der Waals surface area contributed by atoms with Crippen molar-refractivity contribution in [1.29, 1.82) is 0 Å². The Kier molecular flexibility index (Phi) is 5.29. The molecule has 0 saturated carbocycles. The molecule has 0 aliphatic carbocycles. The van der Waals surface area contributed by atoms with Gasteiger partial charge in [0.05, 0.1) is 0 Å². The summed E-state index contributed by atoms with van der Waals surface area (Å²) in [7, 11) is 0. The predicted octanol–water partition coefficient (Wildman–Crippen LogP) is 3.80. The first-order chi connectivity index (χ1) is 8.70. The minimum absolute atomic E-state index is 0.377. The molecule has 1 aromatic carbocycles.